The Kier molecular flexibility index (Phi) is 3.56. The minimum atomic E-state index is 0.426. The summed E-state index contributed by atoms with van der Waals surface area (Å²) in [5.41, 5.74) is 1.16. The third-order valence-electron chi connectivity index (χ3n) is 1.80. The summed E-state index contributed by atoms with van der Waals surface area (Å²) in [6.45, 7) is 0.685. The van der Waals surface area contributed by atoms with Crippen LogP contribution in [0.3, 0.4) is 0 Å². The summed E-state index contributed by atoms with van der Waals surface area (Å²) in [6.07, 6.45) is 0. The first-order chi connectivity index (χ1) is 7.25. The number of rotatable bonds is 3. The van der Waals surface area contributed by atoms with Gasteiger partial charge in [-0.2, -0.15) is 8.75 Å². The smallest absolute Gasteiger partial charge is 0.186 e. The highest BCUT2D eigenvalue weighted by molar-refractivity contribution is 9.10. The molecule has 1 N–H and O–H groups in total. The Morgan fingerprint density at radius 3 is 2.93 bits per heavy atom. The van der Waals surface area contributed by atoms with E-state index in [-0.39, 0.29) is 0 Å². The molecule has 0 spiro atoms. The largest absolute Gasteiger partial charge is 0.363 e. The standard InChI is InChI=1S/C9H7BrClN3S/c10-7-3-1-2-6(4-7)5-12-9-8(11)13-15-14-9/h1-4H,5H2,(H,12,14). The Bertz CT molecular complexity index is 460. The molecule has 0 aliphatic heterocycles. The van der Waals surface area contributed by atoms with Gasteiger partial charge >= 0.3 is 0 Å². The topological polar surface area (TPSA) is 37.8 Å². The lowest BCUT2D eigenvalue weighted by molar-refractivity contribution is 1.13. The highest BCUT2D eigenvalue weighted by Crippen LogP contribution is 2.19. The number of hydrogen-bond donors (Lipinski definition) is 1. The van der Waals surface area contributed by atoms with Crippen molar-refractivity contribution in [2.45, 2.75) is 6.54 Å². The number of benzene rings is 1. The SMILES string of the molecule is Clc1nsnc1NCc1cccc(Br)c1. The van der Waals surface area contributed by atoms with Gasteiger partial charge in [-0.3, -0.25) is 0 Å². The van der Waals surface area contributed by atoms with Crippen molar-refractivity contribution in [1.82, 2.24) is 8.75 Å². The van der Waals surface area contributed by atoms with E-state index in [1.807, 2.05) is 24.3 Å². The van der Waals surface area contributed by atoms with E-state index in [1.54, 1.807) is 0 Å². The van der Waals surface area contributed by atoms with Gasteiger partial charge in [-0.15, -0.1) is 0 Å². The lowest BCUT2D eigenvalue weighted by atomic mass is 10.2. The van der Waals surface area contributed by atoms with Gasteiger partial charge in [0.15, 0.2) is 11.0 Å². The normalized spacial score (nSPS) is 10.3. The predicted octanol–water partition coefficient (Wildman–Crippen LogP) is 3.57. The van der Waals surface area contributed by atoms with Crippen LogP contribution in [0, 0.1) is 0 Å². The minimum Gasteiger partial charge on any atom is -0.363 e. The zero-order chi connectivity index (χ0) is 10.7. The fraction of sp³-hybridized carbons (Fsp3) is 0.111. The summed E-state index contributed by atoms with van der Waals surface area (Å²) >= 11 is 10.3. The fourth-order valence-corrected chi connectivity index (χ4v) is 2.25. The zero-order valence-corrected chi connectivity index (χ0v) is 10.7. The monoisotopic (exact) mass is 303 g/mol. The number of aromatic nitrogens is 2. The summed E-state index contributed by atoms with van der Waals surface area (Å²) in [7, 11) is 0. The molecular formula is C9H7BrClN3S. The van der Waals surface area contributed by atoms with E-state index < -0.39 is 0 Å². The fourth-order valence-electron chi connectivity index (χ4n) is 1.12. The van der Waals surface area contributed by atoms with Crippen molar-refractivity contribution < 1.29 is 0 Å². The quantitative estimate of drug-likeness (QED) is 0.942. The number of nitrogens with zero attached hydrogens (tertiary/aromatic N) is 2. The maximum Gasteiger partial charge on any atom is 0.186 e. The van der Waals surface area contributed by atoms with Crippen LogP contribution in [0.1, 0.15) is 5.56 Å². The van der Waals surface area contributed by atoms with Gasteiger partial charge in [0.2, 0.25) is 0 Å². The Labute approximate surface area is 105 Å². The summed E-state index contributed by atoms with van der Waals surface area (Å²) in [6, 6.07) is 8.05. The summed E-state index contributed by atoms with van der Waals surface area (Å²) in [5.74, 6) is 0.640. The van der Waals surface area contributed by atoms with Gasteiger partial charge in [0.05, 0.1) is 11.7 Å². The minimum absolute atomic E-state index is 0.426. The van der Waals surface area contributed by atoms with Crippen LogP contribution < -0.4 is 5.32 Å². The molecule has 15 heavy (non-hydrogen) atoms. The molecule has 78 valence electrons. The second-order valence-electron chi connectivity index (χ2n) is 2.89. The molecule has 0 saturated carbocycles. The molecule has 0 bridgehead atoms. The van der Waals surface area contributed by atoms with E-state index in [2.05, 4.69) is 30.0 Å². The second-order valence-corrected chi connectivity index (χ2v) is 4.69. The first-order valence-corrected chi connectivity index (χ1v) is 6.12. The number of nitrogens with one attached hydrogen (secondary N) is 1. The van der Waals surface area contributed by atoms with E-state index in [4.69, 9.17) is 11.6 Å². The first-order valence-electron chi connectivity index (χ1n) is 4.22. The van der Waals surface area contributed by atoms with Crippen LogP contribution >= 0.6 is 39.3 Å². The molecule has 6 heteroatoms. The van der Waals surface area contributed by atoms with Crippen molar-refractivity contribution in [1.29, 1.82) is 0 Å². The molecule has 1 aromatic carbocycles. The van der Waals surface area contributed by atoms with Gasteiger partial charge in [-0.05, 0) is 17.7 Å². The third kappa shape index (κ3) is 2.90. The number of anilines is 1. The second kappa shape index (κ2) is 4.92. The number of hydrogen-bond acceptors (Lipinski definition) is 4. The van der Waals surface area contributed by atoms with Crippen LogP contribution in [-0.2, 0) is 6.54 Å². The van der Waals surface area contributed by atoms with Crippen molar-refractivity contribution in [3.05, 3.63) is 39.5 Å². The van der Waals surface area contributed by atoms with E-state index in [9.17, 15) is 0 Å². The van der Waals surface area contributed by atoms with Crippen LogP contribution in [0.15, 0.2) is 28.7 Å². The van der Waals surface area contributed by atoms with Gasteiger partial charge in [-0.25, -0.2) is 0 Å². The highest BCUT2D eigenvalue weighted by Gasteiger charge is 2.03. The van der Waals surface area contributed by atoms with E-state index in [0.29, 0.717) is 17.5 Å². The predicted molar refractivity (Wildman–Crippen MR) is 66.4 cm³/mol. The van der Waals surface area contributed by atoms with Gasteiger partial charge in [0, 0.05) is 11.0 Å². The molecule has 0 unspecified atom stereocenters. The Morgan fingerprint density at radius 2 is 2.27 bits per heavy atom. The molecule has 2 aromatic rings. The average molecular weight is 305 g/mol. The van der Waals surface area contributed by atoms with E-state index >= 15 is 0 Å². The van der Waals surface area contributed by atoms with Gasteiger partial charge in [0.25, 0.3) is 0 Å². The van der Waals surface area contributed by atoms with Crippen molar-refractivity contribution in [3.8, 4) is 0 Å². The van der Waals surface area contributed by atoms with Crippen molar-refractivity contribution in [3.63, 3.8) is 0 Å². The van der Waals surface area contributed by atoms with Crippen LogP contribution in [-0.4, -0.2) is 8.75 Å². The average Bonchev–Trinajstić information content (AvgIpc) is 2.61. The van der Waals surface area contributed by atoms with Crippen LogP contribution in [0.4, 0.5) is 5.82 Å². The Balaban J connectivity index is 2.02. The molecule has 0 radical (unpaired) electrons. The van der Waals surface area contributed by atoms with Gasteiger partial charge < -0.3 is 5.32 Å². The number of halogens is 2. The van der Waals surface area contributed by atoms with Crippen molar-refractivity contribution >= 4 is 45.1 Å². The maximum absolute atomic E-state index is 5.80. The Morgan fingerprint density at radius 1 is 1.40 bits per heavy atom. The third-order valence-corrected chi connectivity index (χ3v) is 3.18. The molecule has 0 atom stereocenters. The van der Waals surface area contributed by atoms with Crippen LogP contribution in [0.2, 0.25) is 5.15 Å². The summed E-state index contributed by atoms with van der Waals surface area (Å²) in [4.78, 5) is 0. The summed E-state index contributed by atoms with van der Waals surface area (Å²) < 4.78 is 8.96. The molecule has 0 aliphatic carbocycles. The van der Waals surface area contributed by atoms with Crippen molar-refractivity contribution in [2.24, 2.45) is 0 Å². The molecule has 0 amide bonds. The molecule has 0 aliphatic rings. The van der Waals surface area contributed by atoms with E-state index in [1.165, 1.54) is 0 Å². The maximum atomic E-state index is 5.80. The van der Waals surface area contributed by atoms with Crippen LogP contribution in [0.25, 0.3) is 0 Å². The van der Waals surface area contributed by atoms with Crippen molar-refractivity contribution in [2.75, 3.05) is 5.32 Å². The molecular weight excluding hydrogens is 298 g/mol. The highest BCUT2D eigenvalue weighted by atomic mass is 79.9. The molecule has 3 nitrogen and oxygen atoms in total. The van der Waals surface area contributed by atoms with E-state index in [0.717, 1.165) is 21.8 Å². The van der Waals surface area contributed by atoms with Gasteiger partial charge in [-0.1, -0.05) is 39.7 Å². The molecule has 2 rings (SSSR count). The van der Waals surface area contributed by atoms with Crippen LogP contribution in [0.5, 0.6) is 0 Å². The first kappa shape index (κ1) is 10.9. The lowest BCUT2D eigenvalue weighted by Crippen LogP contribution is -1.99. The molecule has 0 saturated heterocycles. The summed E-state index contributed by atoms with van der Waals surface area (Å²) in [5, 5.41) is 3.55. The lowest BCUT2D eigenvalue weighted by Gasteiger charge is -2.03. The molecule has 1 aromatic heterocycles. The zero-order valence-electron chi connectivity index (χ0n) is 7.58. The van der Waals surface area contributed by atoms with Gasteiger partial charge in [0.1, 0.15) is 0 Å². The molecule has 1 heterocycles. The molecule has 0 fully saturated rings. The Hall–Kier alpha value is -0.650.